The Kier molecular flexibility index (Phi) is 3.48. The molecule has 3 heteroatoms. The van der Waals surface area contributed by atoms with Gasteiger partial charge in [0.25, 0.3) is 0 Å². The predicted octanol–water partition coefficient (Wildman–Crippen LogP) is 1.88. The molecule has 0 aliphatic heterocycles. The van der Waals surface area contributed by atoms with Crippen molar-refractivity contribution in [1.82, 2.24) is 14.9 Å². The fourth-order valence-electron chi connectivity index (χ4n) is 1.38. The number of nitrogens with one attached hydrogen (secondary N) is 1. The van der Waals surface area contributed by atoms with E-state index in [9.17, 15) is 0 Å². The second kappa shape index (κ2) is 4.42. The van der Waals surface area contributed by atoms with Gasteiger partial charge in [0, 0.05) is 12.2 Å². The molecule has 1 aromatic rings. The van der Waals surface area contributed by atoms with Gasteiger partial charge in [0.1, 0.15) is 5.82 Å². The Morgan fingerprint density at radius 1 is 1.54 bits per heavy atom. The molecule has 1 N–H and O–H groups in total. The summed E-state index contributed by atoms with van der Waals surface area (Å²) in [5.74, 6) is 1.13. The van der Waals surface area contributed by atoms with Gasteiger partial charge < -0.3 is 9.88 Å². The first kappa shape index (κ1) is 10.3. The van der Waals surface area contributed by atoms with Crippen molar-refractivity contribution in [2.75, 3.05) is 6.54 Å². The molecule has 0 amide bonds. The molecule has 0 aliphatic carbocycles. The number of hydrogen-bond acceptors (Lipinski definition) is 2. The lowest BCUT2D eigenvalue weighted by Crippen LogP contribution is -2.17. The van der Waals surface area contributed by atoms with Crippen LogP contribution in [0.4, 0.5) is 0 Å². The van der Waals surface area contributed by atoms with Crippen molar-refractivity contribution < 1.29 is 0 Å². The fourth-order valence-corrected chi connectivity index (χ4v) is 1.38. The van der Waals surface area contributed by atoms with Crippen LogP contribution in [0, 0.1) is 6.92 Å². The SMILES string of the molecule is CCNCc1nc(C)cn1C(C)C. The normalized spacial score (nSPS) is 11.2. The van der Waals surface area contributed by atoms with Gasteiger partial charge in [-0.3, -0.25) is 0 Å². The summed E-state index contributed by atoms with van der Waals surface area (Å²) in [6.07, 6.45) is 2.11. The van der Waals surface area contributed by atoms with E-state index in [0.717, 1.165) is 24.6 Å². The molecule has 0 saturated heterocycles. The molecule has 0 atom stereocenters. The van der Waals surface area contributed by atoms with Gasteiger partial charge in [0.05, 0.1) is 12.2 Å². The van der Waals surface area contributed by atoms with Crippen molar-refractivity contribution in [2.24, 2.45) is 0 Å². The van der Waals surface area contributed by atoms with Crippen LogP contribution < -0.4 is 5.32 Å². The molecular weight excluding hydrogens is 162 g/mol. The van der Waals surface area contributed by atoms with Crippen LogP contribution in [0.5, 0.6) is 0 Å². The topological polar surface area (TPSA) is 29.9 Å². The molecule has 0 aromatic carbocycles. The molecule has 0 fully saturated rings. The van der Waals surface area contributed by atoms with Crippen molar-refractivity contribution in [3.05, 3.63) is 17.7 Å². The molecule has 0 aliphatic rings. The second-order valence-corrected chi connectivity index (χ2v) is 3.58. The summed E-state index contributed by atoms with van der Waals surface area (Å²) in [7, 11) is 0. The molecule has 0 saturated carbocycles. The van der Waals surface area contributed by atoms with Gasteiger partial charge in [-0.25, -0.2) is 4.98 Å². The van der Waals surface area contributed by atoms with E-state index in [1.54, 1.807) is 0 Å². The number of nitrogens with zero attached hydrogens (tertiary/aromatic N) is 2. The molecule has 74 valence electrons. The minimum atomic E-state index is 0.495. The highest BCUT2D eigenvalue weighted by Gasteiger charge is 2.06. The van der Waals surface area contributed by atoms with Gasteiger partial charge in [-0.1, -0.05) is 6.92 Å². The first-order chi connectivity index (χ1) is 6.15. The highest BCUT2D eigenvalue weighted by atomic mass is 15.1. The van der Waals surface area contributed by atoms with Crippen LogP contribution in [-0.2, 0) is 6.54 Å². The van der Waals surface area contributed by atoms with Gasteiger partial charge in [0.2, 0.25) is 0 Å². The Hall–Kier alpha value is -0.830. The summed E-state index contributed by atoms with van der Waals surface area (Å²) in [5, 5.41) is 3.29. The number of hydrogen-bond donors (Lipinski definition) is 1. The molecule has 1 heterocycles. The van der Waals surface area contributed by atoms with Crippen LogP contribution in [-0.4, -0.2) is 16.1 Å². The number of aromatic nitrogens is 2. The zero-order chi connectivity index (χ0) is 9.84. The standard InChI is InChI=1S/C10H19N3/c1-5-11-6-10-12-9(4)7-13(10)8(2)3/h7-8,11H,5-6H2,1-4H3. The van der Waals surface area contributed by atoms with Crippen molar-refractivity contribution in [3.8, 4) is 0 Å². The van der Waals surface area contributed by atoms with Crippen LogP contribution in [0.3, 0.4) is 0 Å². The second-order valence-electron chi connectivity index (χ2n) is 3.58. The Balaban J connectivity index is 2.78. The first-order valence-electron chi connectivity index (χ1n) is 4.90. The van der Waals surface area contributed by atoms with E-state index in [2.05, 4.69) is 41.8 Å². The third kappa shape index (κ3) is 2.56. The first-order valence-corrected chi connectivity index (χ1v) is 4.90. The number of imidazole rings is 1. The lowest BCUT2D eigenvalue weighted by molar-refractivity contribution is 0.547. The average Bonchev–Trinajstić information content (AvgIpc) is 2.43. The Morgan fingerprint density at radius 2 is 2.23 bits per heavy atom. The van der Waals surface area contributed by atoms with Crippen molar-refractivity contribution in [2.45, 2.75) is 40.3 Å². The molecule has 1 rings (SSSR count). The highest BCUT2D eigenvalue weighted by Crippen LogP contribution is 2.10. The highest BCUT2D eigenvalue weighted by molar-refractivity contribution is 5.03. The summed E-state index contributed by atoms with van der Waals surface area (Å²) in [6.45, 7) is 10.4. The van der Waals surface area contributed by atoms with Crippen LogP contribution in [0.2, 0.25) is 0 Å². The van der Waals surface area contributed by atoms with Gasteiger partial charge >= 0.3 is 0 Å². The smallest absolute Gasteiger partial charge is 0.123 e. The van der Waals surface area contributed by atoms with E-state index in [1.165, 1.54) is 0 Å². The van der Waals surface area contributed by atoms with E-state index in [4.69, 9.17) is 0 Å². The third-order valence-corrected chi connectivity index (χ3v) is 2.02. The largest absolute Gasteiger partial charge is 0.331 e. The maximum Gasteiger partial charge on any atom is 0.123 e. The van der Waals surface area contributed by atoms with Crippen LogP contribution in [0.1, 0.15) is 38.3 Å². The summed E-state index contributed by atoms with van der Waals surface area (Å²) in [4.78, 5) is 4.47. The maximum absolute atomic E-state index is 4.47. The van der Waals surface area contributed by atoms with Crippen molar-refractivity contribution in [1.29, 1.82) is 0 Å². The summed E-state index contributed by atoms with van der Waals surface area (Å²) in [6, 6.07) is 0.495. The Labute approximate surface area is 80.2 Å². The lowest BCUT2D eigenvalue weighted by Gasteiger charge is -2.10. The third-order valence-electron chi connectivity index (χ3n) is 2.02. The Morgan fingerprint density at radius 3 is 2.77 bits per heavy atom. The molecule has 0 unspecified atom stereocenters. The zero-order valence-corrected chi connectivity index (χ0v) is 8.96. The quantitative estimate of drug-likeness (QED) is 0.768. The number of aryl methyl sites for hydroxylation is 1. The summed E-state index contributed by atoms with van der Waals surface area (Å²) < 4.78 is 2.22. The van der Waals surface area contributed by atoms with Gasteiger partial charge in [-0.15, -0.1) is 0 Å². The maximum atomic E-state index is 4.47. The molecular formula is C10H19N3. The Bertz CT molecular complexity index is 263. The van der Waals surface area contributed by atoms with E-state index < -0.39 is 0 Å². The van der Waals surface area contributed by atoms with Crippen LogP contribution in [0.15, 0.2) is 6.20 Å². The molecule has 3 nitrogen and oxygen atoms in total. The molecule has 1 aromatic heterocycles. The van der Waals surface area contributed by atoms with Crippen molar-refractivity contribution >= 4 is 0 Å². The monoisotopic (exact) mass is 181 g/mol. The van der Waals surface area contributed by atoms with Gasteiger partial charge in [0.15, 0.2) is 0 Å². The van der Waals surface area contributed by atoms with E-state index in [0.29, 0.717) is 6.04 Å². The number of rotatable bonds is 4. The van der Waals surface area contributed by atoms with Crippen molar-refractivity contribution in [3.63, 3.8) is 0 Å². The molecule has 13 heavy (non-hydrogen) atoms. The zero-order valence-electron chi connectivity index (χ0n) is 8.96. The molecule has 0 bridgehead atoms. The van der Waals surface area contributed by atoms with E-state index >= 15 is 0 Å². The van der Waals surface area contributed by atoms with E-state index in [-0.39, 0.29) is 0 Å². The van der Waals surface area contributed by atoms with Crippen LogP contribution >= 0.6 is 0 Å². The predicted molar refractivity (Wildman–Crippen MR) is 54.7 cm³/mol. The minimum Gasteiger partial charge on any atom is -0.331 e. The van der Waals surface area contributed by atoms with Gasteiger partial charge in [-0.05, 0) is 27.3 Å². The molecule has 0 radical (unpaired) electrons. The van der Waals surface area contributed by atoms with Crippen LogP contribution in [0.25, 0.3) is 0 Å². The average molecular weight is 181 g/mol. The summed E-state index contributed by atoms with van der Waals surface area (Å²) in [5.41, 5.74) is 1.10. The van der Waals surface area contributed by atoms with E-state index in [1.807, 2.05) is 6.92 Å². The summed E-state index contributed by atoms with van der Waals surface area (Å²) >= 11 is 0. The fraction of sp³-hybridized carbons (Fsp3) is 0.700. The lowest BCUT2D eigenvalue weighted by atomic mass is 10.4. The minimum absolute atomic E-state index is 0.495. The van der Waals surface area contributed by atoms with Gasteiger partial charge in [-0.2, -0.15) is 0 Å². The molecule has 0 spiro atoms.